The molecular formula is C21H24ClN3O2S. The zero-order chi connectivity index (χ0) is 19.3. The predicted octanol–water partition coefficient (Wildman–Crippen LogP) is 4.41. The van der Waals surface area contributed by atoms with Crippen LogP contribution in [-0.4, -0.2) is 46.4 Å². The predicted molar refractivity (Wildman–Crippen MR) is 110 cm³/mol. The van der Waals surface area contributed by atoms with Gasteiger partial charge in [-0.2, -0.15) is 0 Å². The van der Waals surface area contributed by atoms with Gasteiger partial charge >= 0.3 is 0 Å². The molecule has 3 fully saturated rings. The number of halogens is 1. The second-order valence-electron chi connectivity index (χ2n) is 8.49. The second kappa shape index (κ2) is 7.08. The van der Waals surface area contributed by atoms with Crippen molar-refractivity contribution in [2.75, 3.05) is 19.8 Å². The van der Waals surface area contributed by atoms with Gasteiger partial charge in [0.15, 0.2) is 0 Å². The van der Waals surface area contributed by atoms with Crippen molar-refractivity contribution in [1.29, 1.82) is 0 Å². The quantitative estimate of drug-likeness (QED) is 0.694. The minimum absolute atomic E-state index is 0.0251. The van der Waals surface area contributed by atoms with E-state index in [1.54, 1.807) is 11.3 Å². The normalized spacial score (nSPS) is 23.5. The number of hydrogen-bond acceptors (Lipinski definition) is 5. The molecule has 2 aromatic rings. The summed E-state index contributed by atoms with van der Waals surface area (Å²) in [6.45, 7) is 2.25. The number of rotatable bonds is 3. The van der Waals surface area contributed by atoms with Gasteiger partial charge in [-0.25, -0.2) is 4.98 Å². The van der Waals surface area contributed by atoms with Gasteiger partial charge in [-0.1, -0.05) is 24.4 Å². The monoisotopic (exact) mass is 417 g/mol. The maximum absolute atomic E-state index is 12.9. The summed E-state index contributed by atoms with van der Waals surface area (Å²) in [5.74, 6) is 0.552. The highest BCUT2D eigenvalue weighted by Crippen LogP contribution is 2.47. The summed E-state index contributed by atoms with van der Waals surface area (Å²) in [6, 6.07) is 5.88. The van der Waals surface area contributed by atoms with Crippen LogP contribution in [0, 0.1) is 5.41 Å². The highest BCUT2D eigenvalue weighted by atomic mass is 35.5. The van der Waals surface area contributed by atoms with E-state index in [-0.39, 0.29) is 17.2 Å². The van der Waals surface area contributed by atoms with Crippen LogP contribution in [0.25, 0.3) is 10.2 Å². The first kappa shape index (κ1) is 18.5. The van der Waals surface area contributed by atoms with E-state index in [0.717, 1.165) is 62.2 Å². The molecule has 0 radical (unpaired) electrons. The zero-order valence-corrected chi connectivity index (χ0v) is 17.4. The molecule has 2 amide bonds. The first-order valence-electron chi connectivity index (χ1n) is 10.2. The molecular weight excluding hydrogens is 394 g/mol. The molecule has 2 aliphatic heterocycles. The van der Waals surface area contributed by atoms with Crippen LogP contribution in [0.4, 0.5) is 0 Å². The number of thiazole rings is 1. The highest BCUT2D eigenvalue weighted by Gasteiger charge is 2.52. The molecule has 0 atom stereocenters. The molecule has 2 saturated heterocycles. The minimum Gasteiger partial charge on any atom is -0.286 e. The van der Waals surface area contributed by atoms with Crippen molar-refractivity contribution in [3.8, 4) is 0 Å². The van der Waals surface area contributed by atoms with Gasteiger partial charge in [0.1, 0.15) is 0 Å². The molecule has 1 aromatic heterocycles. The molecule has 3 aliphatic rings. The second-order valence-corrected chi connectivity index (χ2v) is 9.99. The van der Waals surface area contributed by atoms with Crippen LogP contribution in [-0.2, 0) is 9.59 Å². The zero-order valence-electron chi connectivity index (χ0n) is 15.8. The average Bonchev–Trinajstić information content (AvgIpc) is 3.38. The van der Waals surface area contributed by atoms with Crippen LogP contribution in [0.15, 0.2) is 18.2 Å². The Hall–Kier alpha value is -1.50. The number of hydrogen-bond donors (Lipinski definition) is 0. The van der Waals surface area contributed by atoms with Gasteiger partial charge in [-0.3, -0.25) is 19.4 Å². The number of benzene rings is 1. The number of imide groups is 1. The summed E-state index contributed by atoms with van der Waals surface area (Å²) >= 11 is 7.83. The Balaban J connectivity index is 1.22. The molecule has 1 spiro atoms. The van der Waals surface area contributed by atoms with Crippen molar-refractivity contribution in [2.45, 2.75) is 50.9 Å². The summed E-state index contributed by atoms with van der Waals surface area (Å²) in [4.78, 5) is 34.0. The van der Waals surface area contributed by atoms with Crippen LogP contribution in [0.2, 0.25) is 5.02 Å². The Labute approximate surface area is 173 Å². The lowest BCUT2D eigenvalue weighted by atomic mass is 9.85. The smallest absolute Gasteiger partial charge is 0.237 e. The fourth-order valence-electron chi connectivity index (χ4n) is 5.06. The molecule has 28 heavy (non-hydrogen) atoms. The van der Waals surface area contributed by atoms with E-state index in [1.807, 2.05) is 18.2 Å². The lowest BCUT2D eigenvalue weighted by molar-refractivity contribution is -0.144. The molecule has 148 valence electrons. The Bertz CT molecular complexity index is 929. The number of carbonyl (C=O) groups excluding carboxylic acids is 2. The first-order chi connectivity index (χ1) is 13.5. The third kappa shape index (κ3) is 3.15. The van der Waals surface area contributed by atoms with Crippen LogP contribution in [0.3, 0.4) is 0 Å². The maximum atomic E-state index is 12.9. The number of nitrogens with zero attached hydrogens (tertiary/aromatic N) is 3. The van der Waals surface area contributed by atoms with Crippen LogP contribution in [0.1, 0.15) is 55.9 Å². The first-order valence-corrected chi connectivity index (χ1v) is 11.4. The molecule has 1 aliphatic carbocycles. The van der Waals surface area contributed by atoms with E-state index in [0.29, 0.717) is 19.0 Å². The fraction of sp³-hybridized carbons (Fsp3) is 0.571. The topological polar surface area (TPSA) is 53.5 Å². The van der Waals surface area contributed by atoms with Gasteiger partial charge in [-0.05, 0) is 43.9 Å². The average molecular weight is 418 g/mol. The molecule has 1 aromatic carbocycles. The van der Waals surface area contributed by atoms with Crippen LogP contribution < -0.4 is 0 Å². The van der Waals surface area contributed by atoms with Gasteiger partial charge in [0.05, 0.1) is 27.3 Å². The van der Waals surface area contributed by atoms with Gasteiger partial charge < -0.3 is 0 Å². The van der Waals surface area contributed by atoms with Crippen LogP contribution >= 0.6 is 22.9 Å². The molecule has 0 unspecified atom stereocenters. The summed E-state index contributed by atoms with van der Waals surface area (Å²) in [7, 11) is 0. The van der Waals surface area contributed by atoms with E-state index >= 15 is 0 Å². The Morgan fingerprint density at radius 3 is 2.68 bits per heavy atom. The molecule has 5 rings (SSSR count). The molecule has 5 nitrogen and oxygen atoms in total. The SMILES string of the molecule is O=C1CC2(CCCC2)C(=O)N1CN1CCC(c2nc3cc(Cl)ccc3s2)CC1. The van der Waals surface area contributed by atoms with Gasteiger partial charge in [0.2, 0.25) is 11.8 Å². The lowest BCUT2D eigenvalue weighted by Gasteiger charge is -2.33. The number of piperidine rings is 1. The van der Waals surface area contributed by atoms with Crippen molar-refractivity contribution in [1.82, 2.24) is 14.8 Å². The Morgan fingerprint density at radius 2 is 1.93 bits per heavy atom. The van der Waals surface area contributed by atoms with Crippen molar-refractivity contribution < 1.29 is 9.59 Å². The van der Waals surface area contributed by atoms with E-state index in [9.17, 15) is 9.59 Å². The van der Waals surface area contributed by atoms with E-state index in [2.05, 4.69) is 4.90 Å². The van der Waals surface area contributed by atoms with Crippen molar-refractivity contribution >= 4 is 45.0 Å². The summed E-state index contributed by atoms with van der Waals surface area (Å²) < 4.78 is 1.18. The minimum atomic E-state index is -0.363. The summed E-state index contributed by atoms with van der Waals surface area (Å²) in [5, 5.41) is 1.90. The van der Waals surface area contributed by atoms with E-state index in [1.165, 1.54) is 14.6 Å². The number of likely N-dealkylation sites (tertiary alicyclic amines) is 2. The summed E-state index contributed by atoms with van der Waals surface area (Å²) in [6.07, 6.45) is 6.37. The maximum Gasteiger partial charge on any atom is 0.237 e. The van der Waals surface area contributed by atoms with Crippen LogP contribution in [0.5, 0.6) is 0 Å². The van der Waals surface area contributed by atoms with E-state index in [4.69, 9.17) is 16.6 Å². The van der Waals surface area contributed by atoms with Gasteiger partial charge in [-0.15, -0.1) is 11.3 Å². The standard InChI is InChI=1S/C21H24ClN3O2S/c22-15-3-4-17-16(11-15)23-19(28-17)14-5-9-24(10-6-14)13-25-18(26)12-21(20(25)27)7-1-2-8-21/h3-4,11,14H,1-2,5-10,12-13H2. The highest BCUT2D eigenvalue weighted by molar-refractivity contribution is 7.18. The fourth-order valence-corrected chi connectivity index (χ4v) is 6.34. The molecule has 7 heteroatoms. The number of aromatic nitrogens is 1. The third-order valence-electron chi connectivity index (χ3n) is 6.69. The third-order valence-corrected chi connectivity index (χ3v) is 8.13. The van der Waals surface area contributed by atoms with Crippen molar-refractivity contribution in [3.63, 3.8) is 0 Å². The number of fused-ring (bicyclic) bond motifs is 1. The lowest BCUT2D eigenvalue weighted by Crippen LogP contribution is -2.45. The van der Waals surface area contributed by atoms with Gasteiger partial charge in [0.25, 0.3) is 0 Å². The molecule has 3 heterocycles. The summed E-state index contributed by atoms with van der Waals surface area (Å²) in [5.41, 5.74) is 0.613. The van der Waals surface area contributed by atoms with Crippen molar-refractivity contribution in [3.05, 3.63) is 28.2 Å². The number of carbonyl (C=O) groups is 2. The Kier molecular flexibility index (Phi) is 4.68. The largest absolute Gasteiger partial charge is 0.286 e. The van der Waals surface area contributed by atoms with Gasteiger partial charge in [0, 0.05) is 30.5 Å². The molecule has 1 saturated carbocycles. The molecule has 0 bridgehead atoms. The number of amides is 2. The van der Waals surface area contributed by atoms with Crippen molar-refractivity contribution in [2.24, 2.45) is 5.41 Å². The Morgan fingerprint density at radius 1 is 1.18 bits per heavy atom. The van der Waals surface area contributed by atoms with E-state index < -0.39 is 0 Å². The molecule has 0 N–H and O–H groups in total.